The van der Waals surface area contributed by atoms with Gasteiger partial charge in [0, 0.05) is 23.2 Å². The monoisotopic (exact) mass is 366 g/mol. The van der Waals surface area contributed by atoms with Gasteiger partial charge in [0.1, 0.15) is 11.5 Å². The van der Waals surface area contributed by atoms with Crippen molar-refractivity contribution in [3.63, 3.8) is 0 Å². The molecule has 1 amide bonds. The van der Waals surface area contributed by atoms with Crippen LogP contribution in [0.1, 0.15) is 41.0 Å². The van der Waals surface area contributed by atoms with Gasteiger partial charge in [-0.15, -0.1) is 0 Å². The smallest absolute Gasteiger partial charge is 0.254 e. The predicted molar refractivity (Wildman–Crippen MR) is 103 cm³/mol. The lowest BCUT2D eigenvalue weighted by Crippen LogP contribution is -2.36. The minimum absolute atomic E-state index is 0.0381. The van der Waals surface area contributed by atoms with Crippen molar-refractivity contribution < 1.29 is 13.7 Å². The first-order valence-corrected chi connectivity index (χ1v) is 8.95. The van der Waals surface area contributed by atoms with Gasteiger partial charge in [-0.2, -0.15) is 0 Å². The summed E-state index contributed by atoms with van der Waals surface area (Å²) in [7, 11) is 0. The highest BCUT2D eigenvalue weighted by atomic mass is 19.1. The quantitative estimate of drug-likeness (QED) is 0.627. The van der Waals surface area contributed by atoms with Crippen LogP contribution in [-0.2, 0) is 6.54 Å². The standard InChI is InChI=1S/C22H23FN2O2/c1-14(2)25(22(26)17-6-8-18(23)9-7-17)13-19-12-21(27-24-19)20-10-5-15(3)11-16(20)4/h5-12,14H,13H2,1-4H3. The van der Waals surface area contributed by atoms with Gasteiger partial charge < -0.3 is 9.42 Å². The molecule has 1 heterocycles. The fourth-order valence-corrected chi connectivity index (χ4v) is 3.03. The van der Waals surface area contributed by atoms with Crippen molar-refractivity contribution in [1.82, 2.24) is 10.1 Å². The molecule has 0 saturated heterocycles. The summed E-state index contributed by atoms with van der Waals surface area (Å²) in [6.07, 6.45) is 0. The molecule has 5 heteroatoms. The van der Waals surface area contributed by atoms with E-state index in [-0.39, 0.29) is 17.8 Å². The van der Waals surface area contributed by atoms with E-state index < -0.39 is 0 Å². The molecule has 0 bridgehead atoms. The number of carbonyl (C=O) groups excluding carboxylic acids is 1. The molecule has 0 unspecified atom stereocenters. The van der Waals surface area contributed by atoms with Crippen molar-refractivity contribution in [2.45, 2.75) is 40.3 Å². The fourth-order valence-electron chi connectivity index (χ4n) is 3.03. The summed E-state index contributed by atoms with van der Waals surface area (Å²) in [6, 6.07) is 13.5. The Balaban J connectivity index is 1.82. The maximum absolute atomic E-state index is 13.1. The molecule has 3 rings (SSSR count). The first-order valence-electron chi connectivity index (χ1n) is 8.95. The average Bonchev–Trinajstić information content (AvgIpc) is 3.08. The van der Waals surface area contributed by atoms with E-state index in [4.69, 9.17) is 4.52 Å². The molecule has 0 aliphatic heterocycles. The number of benzene rings is 2. The highest BCUT2D eigenvalue weighted by Crippen LogP contribution is 2.26. The van der Waals surface area contributed by atoms with Crippen molar-refractivity contribution in [3.05, 3.63) is 76.7 Å². The van der Waals surface area contributed by atoms with Crippen molar-refractivity contribution in [1.29, 1.82) is 0 Å². The number of nitrogens with zero attached hydrogens (tertiary/aromatic N) is 2. The van der Waals surface area contributed by atoms with Gasteiger partial charge in [-0.25, -0.2) is 4.39 Å². The third kappa shape index (κ3) is 4.25. The van der Waals surface area contributed by atoms with Crippen LogP contribution in [0.4, 0.5) is 4.39 Å². The third-order valence-corrected chi connectivity index (χ3v) is 4.51. The van der Waals surface area contributed by atoms with Crippen molar-refractivity contribution >= 4 is 5.91 Å². The second kappa shape index (κ2) is 7.74. The molecule has 3 aromatic rings. The molecule has 2 aromatic carbocycles. The molecular formula is C22H23FN2O2. The summed E-state index contributed by atoms with van der Waals surface area (Å²) in [4.78, 5) is 14.5. The summed E-state index contributed by atoms with van der Waals surface area (Å²) in [5, 5.41) is 4.14. The average molecular weight is 366 g/mol. The maximum Gasteiger partial charge on any atom is 0.254 e. The number of carbonyl (C=O) groups is 1. The van der Waals surface area contributed by atoms with E-state index in [1.165, 1.54) is 29.8 Å². The third-order valence-electron chi connectivity index (χ3n) is 4.51. The molecule has 0 fully saturated rings. The largest absolute Gasteiger partial charge is 0.356 e. The number of aryl methyl sites for hydroxylation is 2. The Morgan fingerprint density at radius 2 is 1.81 bits per heavy atom. The Morgan fingerprint density at radius 3 is 2.44 bits per heavy atom. The molecule has 0 atom stereocenters. The zero-order valence-electron chi connectivity index (χ0n) is 16.0. The van der Waals surface area contributed by atoms with E-state index >= 15 is 0 Å². The fraction of sp³-hybridized carbons (Fsp3) is 0.273. The summed E-state index contributed by atoms with van der Waals surface area (Å²) >= 11 is 0. The van der Waals surface area contributed by atoms with Crippen molar-refractivity contribution in [3.8, 4) is 11.3 Å². The van der Waals surface area contributed by atoms with Crippen LogP contribution in [0.3, 0.4) is 0 Å². The first kappa shape index (κ1) is 18.8. The van der Waals surface area contributed by atoms with Gasteiger partial charge in [0.05, 0.1) is 6.54 Å². The molecule has 27 heavy (non-hydrogen) atoms. The Kier molecular flexibility index (Phi) is 5.40. The van der Waals surface area contributed by atoms with E-state index in [0.717, 1.165) is 11.1 Å². The zero-order chi connectivity index (χ0) is 19.6. The van der Waals surface area contributed by atoms with Gasteiger partial charge in [0.15, 0.2) is 5.76 Å². The number of hydrogen-bond donors (Lipinski definition) is 0. The lowest BCUT2D eigenvalue weighted by molar-refractivity contribution is 0.0686. The van der Waals surface area contributed by atoms with Crippen LogP contribution in [0, 0.1) is 19.7 Å². The van der Waals surface area contributed by atoms with Gasteiger partial charge in [-0.05, 0) is 57.5 Å². The molecular weight excluding hydrogens is 343 g/mol. The lowest BCUT2D eigenvalue weighted by atomic mass is 10.0. The van der Waals surface area contributed by atoms with Gasteiger partial charge in [0.25, 0.3) is 5.91 Å². The van der Waals surface area contributed by atoms with Gasteiger partial charge in [0.2, 0.25) is 0 Å². The summed E-state index contributed by atoms with van der Waals surface area (Å²) < 4.78 is 18.6. The lowest BCUT2D eigenvalue weighted by Gasteiger charge is -2.25. The summed E-state index contributed by atoms with van der Waals surface area (Å²) in [5.41, 5.74) is 4.41. The van der Waals surface area contributed by atoms with Gasteiger partial charge in [-0.1, -0.05) is 28.9 Å². The van der Waals surface area contributed by atoms with Gasteiger partial charge in [-0.3, -0.25) is 4.79 Å². The van der Waals surface area contributed by atoms with Crippen LogP contribution in [0.25, 0.3) is 11.3 Å². The van der Waals surface area contributed by atoms with Crippen LogP contribution in [0.2, 0.25) is 0 Å². The molecule has 0 aliphatic carbocycles. The molecule has 140 valence electrons. The Morgan fingerprint density at radius 1 is 1.11 bits per heavy atom. The molecule has 0 aliphatic rings. The minimum atomic E-state index is -0.364. The maximum atomic E-state index is 13.1. The highest BCUT2D eigenvalue weighted by molar-refractivity contribution is 5.94. The normalized spacial score (nSPS) is 11.0. The number of rotatable bonds is 5. The Labute approximate surface area is 158 Å². The van der Waals surface area contributed by atoms with E-state index in [0.29, 0.717) is 23.6 Å². The van der Waals surface area contributed by atoms with E-state index in [1.54, 1.807) is 4.90 Å². The number of hydrogen-bond acceptors (Lipinski definition) is 3. The second-order valence-corrected chi connectivity index (χ2v) is 7.03. The van der Waals surface area contributed by atoms with Crippen LogP contribution in [0.5, 0.6) is 0 Å². The highest BCUT2D eigenvalue weighted by Gasteiger charge is 2.21. The Bertz CT molecular complexity index is 945. The number of amides is 1. The molecule has 1 aromatic heterocycles. The van der Waals surface area contributed by atoms with Crippen molar-refractivity contribution in [2.24, 2.45) is 0 Å². The van der Waals surface area contributed by atoms with Crippen LogP contribution >= 0.6 is 0 Å². The molecule has 0 spiro atoms. The number of halogens is 1. The second-order valence-electron chi connectivity index (χ2n) is 7.03. The van der Waals surface area contributed by atoms with Crippen molar-refractivity contribution in [2.75, 3.05) is 0 Å². The molecule has 0 radical (unpaired) electrons. The SMILES string of the molecule is Cc1ccc(-c2cc(CN(C(=O)c3ccc(F)cc3)C(C)C)no2)c(C)c1. The van der Waals surface area contributed by atoms with E-state index in [2.05, 4.69) is 11.2 Å². The Hall–Kier alpha value is -2.95. The van der Waals surface area contributed by atoms with E-state index in [9.17, 15) is 9.18 Å². The van der Waals surface area contributed by atoms with Crippen LogP contribution in [-0.4, -0.2) is 22.0 Å². The van der Waals surface area contributed by atoms with Crippen LogP contribution in [0.15, 0.2) is 53.1 Å². The van der Waals surface area contributed by atoms with E-state index in [1.807, 2.05) is 45.9 Å². The summed E-state index contributed by atoms with van der Waals surface area (Å²) in [6.45, 7) is 8.27. The topological polar surface area (TPSA) is 46.3 Å². The molecule has 4 nitrogen and oxygen atoms in total. The molecule has 0 N–H and O–H groups in total. The first-order chi connectivity index (χ1) is 12.8. The van der Waals surface area contributed by atoms with Crippen LogP contribution < -0.4 is 0 Å². The zero-order valence-corrected chi connectivity index (χ0v) is 16.0. The van der Waals surface area contributed by atoms with Gasteiger partial charge >= 0.3 is 0 Å². The molecule has 0 saturated carbocycles. The minimum Gasteiger partial charge on any atom is -0.356 e. The summed E-state index contributed by atoms with van der Waals surface area (Å²) in [5.74, 6) is 0.152. The number of aromatic nitrogens is 1. The predicted octanol–water partition coefficient (Wildman–Crippen LogP) is 5.15.